The molecule has 0 saturated carbocycles. The molecule has 1 aromatic carbocycles. The van der Waals surface area contributed by atoms with Crippen molar-refractivity contribution in [3.63, 3.8) is 0 Å². The average molecular weight is 290 g/mol. The van der Waals surface area contributed by atoms with Crippen LogP contribution in [-0.2, 0) is 14.3 Å². The number of carbonyl (C=O) groups excluding carboxylic acids is 2. The van der Waals surface area contributed by atoms with Crippen LogP contribution in [0.3, 0.4) is 0 Å². The molecule has 1 heterocycles. The number of aromatic amines is 1. The third kappa shape index (κ3) is 3.82. The predicted molar refractivity (Wildman–Crippen MR) is 78.1 cm³/mol. The fraction of sp³-hybridized carbons (Fsp3) is 0.333. The molecule has 21 heavy (non-hydrogen) atoms. The zero-order chi connectivity index (χ0) is 15.2. The lowest BCUT2D eigenvalue weighted by Gasteiger charge is -2.12. The fourth-order valence-corrected chi connectivity index (χ4v) is 1.88. The summed E-state index contributed by atoms with van der Waals surface area (Å²) >= 11 is 0. The van der Waals surface area contributed by atoms with E-state index in [0.29, 0.717) is 18.8 Å². The molecule has 2 aromatic rings. The van der Waals surface area contributed by atoms with Crippen molar-refractivity contribution in [1.82, 2.24) is 10.3 Å². The van der Waals surface area contributed by atoms with E-state index in [-0.39, 0.29) is 5.91 Å². The number of methoxy groups -OCH3 is 1. The van der Waals surface area contributed by atoms with Crippen molar-refractivity contribution in [2.45, 2.75) is 13.0 Å². The minimum absolute atomic E-state index is 0.327. The number of nitrogens with one attached hydrogen (secondary N) is 2. The van der Waals surface area contributed by atoms with Crippen molar-refractivity contribution in [2.24, 2.45) is 0 Å². The number of amides is 1. The van der Waals surface area contributed by atoms with E-state index in [1.807, 2.05) is 24.3 Å². The summed E-state index contributed by atoms with van der Waals surface area (Å²) in [4.78, 5) is 26.7. The van der Waals surface area contributed by atoms with Crippen molar-refractivity contribution in [3.05, 3.63) is 36.0 Å². The van der Waals surface area contributed by atoms with Gasteiger partial charge in [0.15, 0.2) is 6.10 Å². The monoisotopic (exact) mass is 290 g/mol. The maximum Gasteiger partial charge on any atom is 0.355 e. The standard InChI is InChI=1S/C15H18N2O4/c1-10(14(18)16-7-8-20-2)21-15(19)13-9-11-5-3-4-6-12(11)17-13/h3-6,9-10,17H,7-8H2,1-2H3,(H,16,18)/t10-/m1/s1. The highest BCUT2D eigenvalue weighted by molar-refractivity contribution is 5.96. The van der Waals surface area contributed by atoms with Crippen LogP contribution in [0.15, 0.2) is 30.3 Å². The molecule has 0 saturated heterocycles. The summed E-state index contributed by atoms with van der Waals surface area (Å²) in [6, 6.07) is 9.22. The number of para-hydroxylation sites is 1. The van der Waals surface area contributed by atoms with Crippen molar-refractivity contribution >= 4 is 22.8 Å². The topological polar surface area (TPSA) is 80.4 Å². The molecule has 0 unspecified atom stereocenters. The average Bonchev–Trinajstić information content (AvgIpc) is 2.91. The molecule has 0 aliphatic heterocycles. The summed E-state index contributed by atoms with van der Waals surface area (Å²) in [5, 5.41) is 3.53. The summed E-state index contributed by atoms with van der Waals surface area (Å²) in [6.45, 7) is 2.32. The van der Waals surface area contributed by atoms with Gasteiger partial charge >= 0.3 is 5.97 Å². The van der Waals surface area contributed by atoms with Gasteiger partial charge in [-0.2, -0.15) is 0 Å². The SMILES string of the molecule is COCCNC(=O)[C@@H](C)OC(=O)c1cc2ccccc2[nH]1. The Kier molecular flexibility index (Phi) is 4.94. The number of carbonyl (C=O) groups is 2. The highest BCUT2D eigenvalue weighted by Crippen LogP contribution is 2.15. The summed E-state index contributed by atoms with van der Waals surface area (Å²) < 4.78 is 9.96. The highest BCUT2D eigenvalue weighted by atomic mass is 16.5. The van der Waals surface area contributed by atoms with Gasteiger partial charge in [0.25, 0.3) is 5.91 Å². The third-order valence-electron chi connectivity index (χ3n) is 3.01. The molecule has 0 bridgehead atoms. The lowest BCUT2D eigenvalue weighted by atomic mass is 10.2. The van der Waals surface area contributed by atoms with Gasteiger partial charge < -0.3 is 19.8 Å². The van der Waals surface area contributed by atoms with Gasteiger partial charge in [0.2, 0.25) is 0 Å². The van der Waals surface area contributed by atoms with Gasteiger partial charge in [-0.25, -0.2) is 4.79 Å². The normalized spacial score (nSPS) is 12.1. The summed E-state index contributed by atoms with van der Waals surface area (Å²) in [6.07, 6.45) is -0.860. The van der Waals surface area contributed by atoms with Crippen molar-refractivity contribution in [2.75, 3.05) is 20.3 Å². The van der Waals surface area contributed by atoms with Crippen molar-refractivity contribution in [1.29, 1.82) is 0 Å². The van der Waals surface area contributed by atoms with E-state index in [4.69, 9.17) is 9.47 Å². The molecule has 2 N–H and O–H groups in total. The quantitative estimate of drug-likeness (QED) is 0.623. The highest BCUT2D eigenvalue weighted by Gasteiger charge is 2.19. The zero-order valence-corrected chi connectivity index (χ0v) is 12.0. The molecule has 2 rings (SSSR count). The minimum atomic E-state index is -0.860. The fourth-order valence-electron chi connectivity index (χ4n) is 1.88. The minimum Gasteiger partial charge on any atom is -0.448 e. The first kappa shape index (κ1) is 15.1. The van der Waals surface area contributed by atoms with E-state index >= 15 is 0 Å². The number of fused-ring (bicyclic) bond motifs is 1. The maximum atomic E-state index is 12.0. The van der Waals surface area contributed by atoms with Gasteiger partial charge in [-0.05, 0) is 19.1 Å². The molecule has 6 nitrogen and oxygen atoms in total. The number of esters is 1. The predicted octanol–water partition coefficient (Wildman–Crippen LogP) is 1.48. The Labute approximate surface area is 122 Å². The van der Waals surface area contributed by atoms with Crippen LogP contribution < -0.4 is 5.32 Å². The number of rotatable bonds is 6. The van der Waals surface area contributed by atoms with E-state index in [0.717, 1.165) is 10.9 Å². The van der Waals surface area contributed by atoms with E-state index in [2.05, 4.69) is 10.3 Å². The van der Waals surface area contributed by atoms with Crippen LogP contribution in [0, 0.1) is 0 Å². The Hall–Kier alpha value is -2.34. The van der Waals surface area contributed by atoms with Crippen molar-refractivity contribution in [3.8, 4) is 0 Å². The first-order valence-electron chi connectivity index (χ1n) is 6.67. The molecule has 0 fully saturated rings. The molecule has 0 aliphatic rings. The van der Waals surface area contributed by atoms with Crippen LogP contribution >= 0.6 is 0 Å². The third-order valence-corrected chi connectivity index (χ3v) is 3.01. The van der Waals surface area contributed by atoms with Crippen LogP contribution in [0.25, 0.3) is 10.9 Å². The molecular weight excluding hydrogens is 272 g/mol. The van der Waals surface area contributed by atoms with E-state index in [1.54, 1.807) is 13.2 Å². The van der Waals surface area contributed by atoms with Gasteiger partial charge in [-0.1, -0.05) is 18.2 Å². The largest absolute Gasteiger partial charge is 0.448 e. The number of benzene rings is 1. The van der Waals surface area contributed by atoms with Gasteiger partial charge in [0, 0.05) is 24.6 Å². The molecule has 0 aliphatic carbocycles. The number of hydrogen-bond donors (Lipinski definition) is 2. The molecule has 1 aromatic heterocycles. The second-order valence-electron chi connectivity index (χ2n) is 4.60. The molecule has 1 amide bonds. The van der Waals surface area contributed by atoms with E-state index in [9.17, 15) is 9.59 Å². The Morgan fingerprint density at radius 3 is 2.81 bits per heavy atom. The van der Waals surface area contributed by atoms with E-state index in [1.165, 1.54) is 6.92 Å². The second kappa shape index (κ2) is 6.90. The number of ether oxygens (including phenoxy) is 2. The molecule has 1 atom stereocenters. The Morgan fingerprint density at radius 2 is 2.10 bits per heavy atom. The molecule has 6 heteroatoms. The van der Waals surface area contributed by atoms with Gasteiger partial charge in [-0.15, -0.1) is 0 Å². The molecule has 0 spiro atoms. The lowest BCUT2D eigenvalue weighted by molar-refractivity contribution is -0.129. The van der Waals surface area contributed by atoms with E-state index < -0.39 is 12.1 Å². The van der Waals surface area contributed by atoms with Crippen LogP contribution in [0.5, 0.6) is 0 Å². The summed E-state index contributed by atoms with van der Waals surface area (Å²) in [7, 11) is 1.55. The lowest BCUT2D eigenvalue weighted by Crippen LogP contribution is -2.37. The Balaban J connectivity index is 1.95. The van der Waals surface area contributed by atoms with Gasteiger partial charge in [-0.3, -0.25) is 4.79 Å². The number of hydrogen-bond acceptors (Lipinski definition) is 4. The summed E-state index contributed by atoms with van der Waals surface area (Å²) in [5.74, 6) is -0.905. The first-order valence-corrected chi connectivity index (χ1v) is 6.67. The van der Waals surface area contributed by atoms with Crippen LogP contribution in [0.4, 0.5) is 0 Å². The number of aromatic nitrogens is 1. The van der Waals surface area contributed by atoms with Crippen LogP contribution in [0.2, 0.25) is 0 Å². The molecular formula is C15H18N2O4. The van der Waals surface area contributed by atoms with Gasteiger partial charge in [0.1, 0.15) is 5.69 Å². The molecule has 112 valence electrons. The Morgan fingerprint density at radius 1 is 1.33 bits per heavy atom. The zero-order valence-electron chi connectivity index (χ0n) is 12.0. The van der Waals surface area contributed by atoms with Crippen LogP contribution in [0.1, 0.15) is 17.4 Å². The first-order chi connectivity index (χ1) is 10.1. The maximum absolute atomic E-state index is 12.0. The Bertz CT molecular complexity index is 602. The summed E-state index contributed by atoms with van der Waals surface area (Å²) in [5.41, 5.74) is 1.18. The van der Waals surface area contributed by atoms with Gasteiger partial charge in [0.05, 0.1) is 6.61 Å². The number of H-pyrrole nitrogens is 1. The molecule has 0 radical (unpaired) electrons. The smallest absolute Gasteiger partial charge is 0.355 e. The van der Waals surface area contributed by atoms with Crippen molar-refractivity contribution < 1.29 is 19.1 Å². The van der Waals surface area contributed by atoms with Crippen LogP contribution in [-0.4, -0.2) is 43.2 Å². The second-order valence-corrected chi connectivity index (χ2v) is 4.60.